The van der Waals surface area contributed by atoms with Crippen LogP contribution in [-0.2, 0) is 9.63 Å². The molecule has 0 aromatic rings. The van der Waals surface area contributed by atoms with Gasteiger partial charge in [-0.15, -0.1) is 0 Å². The van der Waals surface area contributed by atoms with Crippen molar-refractivity contribution in [2.24, 2.45) is 63.3 Å². The molecule has 4 fully saturated rings. The van der Waals surface area contributed by atoms with Gasteiger partial charge in [-0.1, -0.05) is 46.7 Å². The molecule has 0 radical (unpaired) electrons. The van der Waals surface area contributed by atoms with Crippen LogP contribution in [-0.4, -0.2) is 68.2 Å². The van der Waals surface area contributed by atoms with E-state index in [0.717, 1.165) is 31.4 Å². The normalized spacial score (nSPS) is 45.0. The van der Waals surface area contributed by atoms with Crippen molar-refractivity contribution in [1.29, 1.82) is 0 Å². The fourth-order valence-electron chi connectivity index (χ4n) is 9.53. The van der Waals surface area contributed by atoms with Crippen LogP contribution < -0.4 is 0 Å². The Bertz CT molecular complexity index is 894. The highest BCUT2D eigenvalue weighted by Crippen LogP contribution is 2.68. The van der Waals surface area contributed by atoms with E-state index in [-0.39, 0.29) is 34.5 Å². The third-order valence-corrected chi connectivity index (χ3v) is 12.1. The monoisotopic (exact) mass is 537 g/mol. The molecule has 4 rings (SSSR count). The van der Waals surface area contributed by atoms with Gasteiger partial charge in [-0.3, -0.25) is 0 Å². The molecule has 4 aliphatic rings. The number of aliphatic hydroxyl groups is 4. The van der Waals surface area contributed by atoms with Gasteiger partial charge in [0, 0.05) is 5.92 Å². The molecule has 218 valence electrons. The number of fused-ring (bicyclic) bond motifs is 5. The molecule has 13 atom stereocenters. The number of carboxylic acid groups (broad SMARTS) is 1. The smallest absolute Gasteiger partial charge is 0.344 e. The molecule has 8 heteroatoms. The number of hydrogen-bond donors (Lipinski definition) is 5. The van der Waals surface area contributed by atoms with Crippen molar-refractivity contribution in [2.45, 2.75) is 111 Å². The molecular weight excluding hydrogens is 486 g/mol. The van der Waals surface area contributed by atoms with Crippen molar-refractivity contribution in [2.75, 3.05) is 6.61 Å². The Morgan fingerprint density at radius 3 is 2.29 bits per heavy atom. The Balaban J connectivity index is 1.61. The molecule has 5 N–H and O–H groups in total. The summed E-state index contributed by atoms with van der Waals surface area (Å²) in [7, 11) is 0. The number of rotatable bonds is 8. The molecule has 0 aromatic carbocycles. The van der Waals surface area contributed by atoms with Gasteiger partial charge in [0.05, 0.1) is 30.1 Å². The van der Waals surface area contributed by atoms with E-state index < -0.39 is 37.0 Å². The first kappa shape index (κ1) is 29.8. The lowest BCUT2D eigenvalue weighted by atomic mass is 9.43. The summed E-state index contributed by atoms with van der Waals surface area (Å²) in [6.45, 7) is 12.4. The van der Waals surface area contributed by atoms with Gasteiger partial charge < -0.3 is 30.4 Å². The molecule has 8 nitrogen and oxygen atoms in total. The molecule has 0 aliphatic heterocycles. The van der Waals surface area contributed by atoms with Gasteiger partial charge >= 0.3 is 5.97 Å². The van der Waals surface area contributed by atoms with Crippen LogP contribution in [0, 0.1) is 58.2 Å². The van der Waals surface area contributed by atoms with Crippen molar-refractivity contribution in [3.05, 3.63) is 0 Å². The van der Waals surface area contributed by atoms with Crippen molar-refractivity contribution in [3.8, 4) is 0 Å². The third kappa shape index (κ3) is 5.04. The van der Waals surface area contributed by atoms with Crippen LogP contribution in [0.4, 0.5) is 0 Å². The van der Waals surface area contributed by atoms with E-state index in [1.165, 1.54) is 0 Å². The van der Waals surface area contributed by atoms with E-state index >= 15 is 0 Å². The van der Waals surface area contributed by atoms with Crippen LogP contribution in [0.25, 0.3) is 0 Å². The summed E-state index contributed by atoms with van der Waals surface area (Å²) in [6, 6.07) is 0. The predicted octanol–water partition coefficient (Wildman–Crippen LogP) is 3.69. The molecule has 38 heavy (non-hydrogen) atoms. The number of carboxylic acids is 1. The summed E-state index contributed by atoms with van der Waals surface area (Å²) in [5.41, 5.74) is 0.592. The van der Waals surface area contributed by atoms with Crippen LogP contribution in [0.15, 0.2) is 5.16 Å². The second-order valence-corrected chi connectivity index (χ2v) is 14.1. The zero-order valence-corrected chi connectivity index (χ0v) is 24.1. The Morgan fingerprint density at radius 1 is 1.00 bits per heavy atom. The predicted molar refractivity (Wildman–Crippen MR) is 144 cm³/mol. The second kappa shape index (κ2) is 11.0. The SMILES string of the molecule is CC(C)[C@H](C)[C@@H](O)[C@H](O)[C@@H](C)[C@H]1CC[C@H]2[C@@H]3C/C(=N\OCC(=O)O)[C@H]4C[C@H](O)[C@H](O)C[C@]4(C)[C@H]3CC[C@]12C. The highest BCUT2D eigenvalue weighted by Gasteiger charge is 2.63. The van der Waals surface area contributed by atoms with Crippen LogP contribution in [0.2, 0.25) is 0 Å². The lowest BCUT2D eigenvalue weighted by Gasteiger charge is -2.61. The van der Waals surface area contributed by atoms with Gasteiger partial charge in [-0.2, -0.15) is 0 Å². The maximum Gasteiger partial charge on any atom is 0.344 e. The maximum absolute atomic E-state index is 11.3. The van der Waals surface area contributed by atoms with E-state index in [9.17, 15) is 25.2 Å². The highest BCUT2D eigenvalue weighted by atomic mass is 16.6. The van der Waals surface area contributed by atoms with E-state index in [2.05, 4.69) is 39.8 Å². The van der Waals surface area contributed by atoms with E-state index in [1.807, 2.05) is 6.92 Å². The summed E-state index contributed by atoms with van der Waals surface area (Å²) in [5.74, 6) is 0.550. The van der Waals surface area contributed by atoms with Gasteiger partial charge in [0.15, 0.2) is 0 Å². The highest BCUT2D eigenvalue weighted by molar-refractivity contribution is 5.88. The van der Waals surface area contributed by atoms with E-state index in [0.29, 0.717) is 42.9 Å². The zero-order chi connectivity index (χ0) is 28.2. The maximum atomic E-state index is 11.3. The van der Waals surface area contributed by atoms with Crippen molar-refractivity contribution in [1.82, 2.24) is 0 Å². The Morgan fingerprint density at radius 2 is 1.66 bits per heavy atom. The molecule has 0 bridgehead atoms. The van der Waals surface area contributed by atoms with Gasteiger partial charge in [-0.25, -0.2) is 4.79 Å². The quantitative estimate of drug-likeness (QED) is 0.298. The second-order valence-electron chi connectivity index (χ2n) is 14.1. The lowest BCUT2D eigenvalue weighted by Crippen LogP contribution is -2.59. The average Bonchev–Trinajstić information content (AvgIpc) is 3.20. The minimum Gasteiger partial charge on any atom is -0.479 e. The molecule has 0 saturated heterocycles. The summed E-state index contributed by atoms with van der Waals surface area (Å²) in [5, 5.41) is 56.9. The fourth-order valence-corrected chi connectivity index (χ4v) is 9.53. The average molecular weight is 538 g/mol. The lowest BCUT2D eigenvalue weighted by molar-refractivity contribution is -0.143. The number of oxime groups is 1. The van der Waals surface area contributed by atoms with Crippen LogP contribution in [0.3, 0.4) is 0 Å². The van der Waals surface area contributed by atoms with E-state index in [1.54, 1.807) is 0 Å². The van der Waals surface area contributed by atoms with Crippen LogP contribution in [0.5, 0.6) is 0 Å². The topological polar surface area (TPSA) is 140 Å². The Labute approximate surface area is 227 Å². The molecule has 0 aromatic heterocycles. The number of aliphatic carboxylic acids is 1. The van der Waals surface area contributed by atoms with E-state index in [4.69, 9.17) is 9.94 Å². The first-order valence-electron chi connectivity index (χ1n) is 14.8. The first-order chi connectivity index (χ1) is 17.7. The number of nitrogens with zero attached hydrogens (tertiary/aromatic N) is 1. The number of carbonyl (C=O) groups is 1. The molecule has 0 spiro atoms. The largest absolute Gasteiger partial charge is 0.479 e. The standard InChI is InChI=1S/C30H51NO7/c1-15(2)16(3)27(36)28(37)17(4)19-7-8-20-18-11-23(31-38-14-26(34)35)22-12-24(32)25(33)13-30(22,6)21(18)9-10-29(19,20)5/h15-22,24-25,27-28,32-33,36-37H,7-14H2,1-6H3,(H,34,35)/b31-23+/t16-,17-,18-,19+,20-,21-,22+,24-,25+,27+,28+,29+,30+/m0/s1. The third-order valence-electron chi connectivity index (χ3n) is 12.1. The molecule has 4 aliphatic carbocycles. The van der Waals surface area contributed by atoms with Crippen LogP contribution in [0.1, 0.15) is 86.5 Å². The molecular formula is C30H51NO7. The molecule has 0 heterocycles. The molecule has 4 saturated carbocycles. The Hall–Kier alpha value is -1.22. The fraction of sp³-hybridized carbons (Fsp3) is 0.933. The minimum atomic E-state index is -1.07. The zero-order valence-electron chi connectivity index (χ0n) is 24.1. The van der Waals surface area contributed by atoms with Gasteiger partial charge in [0.1, 0.15) is 0 Å². The summed E-state index contributed by atoms with van der Waals surface area (Å²) in [4.78, 5) is 16.3. The minimum absolute atomic E-state index is 0.0149. The van der Waals surface area contributed by atoms with Crippen molar-refractivity contribution in [3.63, 3.8) is 0 Å². The summed E-state index contributed by atoms with van der Waals surface area (Å²) < 4.78 is 0. The van der Waals surface area contributed by atoms with Gasteiger partial charge in [0.2, 0.25) is 6.61 Å². The number of hydrogen-bond acceptors (Lipinski definition) is 7. The van der Waals surface area contributed by atoms with Crippen molar-refractivity contribution >= 4 is 11.7 Å². The first-order valence-corrected chi connectivity index (χ1v) is 14.8. The summed E-state index contributed by atoms with van der Waals surface area (Å²) in [6.07, 6.45) is 2.62. The van der Waals surface area contributed by atoms with Crippen LogP contribution >= 0.6 is 0 Å². The molecule has 0 amide bonds. The number of aliphatic hydroxyl groups excluding tert-OH is 4. The molecule has 0 unspecified atom stereocenters. The van der Waals surface area contributed by atoms with Gasteiger partial charge in [-0.05, 0) is 97.2 Å². The summed E-state index contributed by atoms with van der Waals surface area (Å²) >= 11 is 0. The Kier molecular flexibility index (Phi) is 8.60. The van der Waals surface area contributed by atoms with Crippen molar-refractivity contribution < 1.29 is 35.2 Å². The van der Waals surface area contributed by atoms with Gasteiger partial charge in [0.25, 0.3) is 0 Å².